The van der Waals surface area contributed by atoms with Crippen LogP contribution in [0.5, 0.6) is 0 Å². The molecule has 1 aliphatic carbocycles. The van der Waals surface area contributed by atoms with Crippen molar-refractivity contribution in [3.63, 3.8) is 0 Å². The summed E-state index contributed by atoms with van der Waals surface area (Å²) >= 11 is 0. The number of alkyl halides is 3. The molecule has 0 amide bonds. The molecule has 0 saturated carbocycles. The lowest BCUT2D eigenvalue weighted by Crippen LogP contribution is -2.25. The van der Waals surface area contributed by atoms with Crippen LogP contribution in [0.4, 0.5) is 26.3 Å². The van der Waals surface area contributed by atoms with Crippen molar-refractivity contribution < 1.29 is 35.9 Å². The maximum Gasteiger partial charge on any atom is 0.417 e. The van der Waals surface area contributed by atoms with Crippen molar-refractivity contribution in [2.75, 3.05) is 0 Å². The Morgan fingerprint density at radius 2 is 1.61 bits per heavy atom. The van der Waals surface area contributed by atoms with E-state index < -0.39 is 64.0 Å². The summed E-state index contributed by atoms with van der Waals surface area (Å²) in [6.45, 7) is 1.51. The van der Waals surface area contributed by atoms with Crippen molar-refractivity contribution in [3.8, 4) is 0 Å². The smallest absolute Gasteiger partial charge is 0.289 e. The van der Waals surface area contributed by atoms with Crippen molar-refractivity contribution in [2.45, 2.75) is 25.9 Å². The molecule has 3 nitrogen and oxygen atoms in total. The molecule has 0 fully saturated rings. The number of pyridine rings is 1. The molecule has 2 aromatic rings. The van der Waals surface area contributed by atoms with E-state index in [0.29, 0.717) is 12.3 Å². The van der Waals surface area contributed by atoms with Crippen LogP contribution >= 0.6 is 0 Å². The second-order valence-corrected chi connectivity index (χ2v) is 6.11. The average Bonchev–Trinajstić information content (AvgIpc) is 2.59. The van der Waals surface area contributed by atoms with Gasteiger partial charge in [0.1, 0.15) is 17.5 Å². The zero-order valence-corrected chi connectivity index (χ0v) is 14.3. The molecule has 0 aliphatic heterocycles. The van der Waals surface area contributed by atoms with Crippen LogP contribution < -0.4 is 0 Å². The summed E-state index contributed by atoms with van der Waals surface area (Å²) in [7, 11) is 0. The SMILES string of the molecule is CCC1=C(Cc2ncc(C(F)(F)F)cc2F)C(=O)c2c(F)cc(F)cc2C1=O. The zero-order chi connectivity index (χ0) is 20.8. The van der Waals surface area contributed by atoms with E-state index in [2.05, 4.69) is 4.98 Å². The molecule has 3 rings (SSSR count). The highest BCUT2D eigenvalue weighted by atomic mass is 19.4. The Balaban J connectivity index is 2.09. The van der Waals surface area contributed by atoms with Crippen LogP contribution in [-0.2, 0) is 12.6 Å². The number of ketones is 2. The van der Waals surface area contributed by atoms with E-state index >= 15 is 0 Å². The Morgan fingerprint density at radius 1 is 0.929 bits per heavy atom. The van der Waals surface area contributed by atoms with Crippen LogP contribution in [0.25, 0.3) is 0 Å². The first-order chi connectivity index (χ1) is 13.0. The first-order valence-electron chi connectivity index (χ1n) is 8.06. The minimum absolute atomic E-state index is 0.000265. The number of benzene rings is 1. The van der Waals surface area contributed by atoms with E-state index in [-0.39, 0.29) is 23.6 Å². The molecule has 1 heterocycles. The lowest BCUT2D eigenvalue weighted by atomic mass is 9.81. The Bertz CT molecular complexity index is 1040. The fraction of sp³-hybridized carbons (Fsp3) is 0.211. The van der Waals surface area contributed by atoms with Gasteiger partial charge in [0.15, 0.2) is 11.6 Å². The Morgan fingerprint density at radius 3 is 2.18 bits per heavy atom. The number of halogens is 6. The number of carbonyl (C=O) groups is 2. The van der Waals surface area contributed by atoms with Gasteiger partial charge in [0.2, 0.25) is 0 Å². The molecular formula is C19H11F6NO2. The lowest BCUT2D eigenvalue weighted by molar-refractivity contribution is -0.138. The molecule has 0 bridgehead atoms. The second-order valence-electron chi connectivity index (χ2n) is 6.11. The molecule has 0 N–H and O–H groups in total. The lowest BCUT2D eigenvalue weighted by Gasteiger charge is -2.21. The molecule has 146 valence electrons. The fourth-order valence-corrected chi connectivity index (χ4v) is 3.05. The number of nitrogens with zero attached hydrogens (tertiary/aromatic N) is 1. The maximum atomic E-state index is 14.1. The van der Waals surface area contributed by atoms with Crippen molar-refractivity contribution >= 4 is 11.6 Å². The van der Waals surface area contributed by atoms with E-state index in [0.717, 1.165) is 6.07 Å². The molecule has 1 aromatic heterocycles. The minimum Gasteiger partial charge on any atom is -0.289 e. The summed E-state index contributed by atoms with van der Waals surface area (Å²) in [6.07, 6.45) is -5.00. The molecule has 0 saturated heterocycles. The number of aromatic nitrogens is 1. The monoisotopic (exact) mass is 399 g/mol. The zero-order valence-electron chi connectivity index (χ0n) is 14.3. The summed E-state index contributed by atoms with van der Waals surface area (Å²) in [6, 6.07) is 1.41. The summed E-state index contributed by atoms with van der Waals surface area (Å²) in [5.41, 5.74) is -3.27. The summed E-state index contributed by atoms with van der Waals surface area (Å²) in [5.74, 6) is -5.35. The number of allylic oxidation sites excluding steroid dienone is 2. The fourth-order valence-electron chi connectivity index (χ4n) is 3.05. The Hall–Kier alpha value is -2.97. The molecule has 28 heavy (non-hydrogen) atoms. The molecular weight excluding hydrogens is 388 g/mol. The van der Waals surface area contributed by atoms with Gasteiger partial charge in [-0.15, -0.1) is 0 Å². The van der Waals surface area contributed by atoms with Crippen molar-refractivity contribution in [2.24, 2.45) is 0 Å². The van der Waals surface area contributed by atoms with Crippen LogP contribution in [0, 0.1) is 17.5 Å². The standard InChI is InChI=1S/C19H11F6NO2/c1-2-10-11(6-15-13(21)3-8(7-26-15)19(23,24)25)18(28)16-12(17(10)27)4-9(20)5-14(16)22/h3-5,7H,2,6H2,1H3. The largest absolute Gasteiger partial charge is 0.417 e. The van der Waals surface area contributed by atoms with Crippen LogP contribution in [-0.4, -0.2) is 16.6 Å². The molecule has 0 atom stereocenters. The normalized spacial score (nSPS) is 14.5. The third kappa shape index (κ3) is 3.32. The Labute approximate surface area is 154 Å². The summed E-state index contributed by atoms with van der Waals surface area (Å²) < 4.78 is 79.6. The first kappa shape index (κ1) is 19.8. The van der Waals surface area contributed by atoms with Gasteiger partial charge in [0, 0.05) is 35.4 Å². The third-order valence-electron chi connectivity index (χ3n) is 4.38. The predicted octanol–water partition coefficient (Wildman–Crippen LogP) is 4.85. The highest BCUT2D eigenvalue weighted by Gasteiger charge is 2.36. The van der Waals surface area contributed by atoms with Crippen molar-refractivity contribution in [1.82, 2.24) is 4.98 Å². The van der Waals surface area contributed by atoms with Gasteiger partial charge in [-0.25, -0.2) is 13.2 Å². The molecule has 1 aliphatic rings. The van der Waals surface area contributed by atoms with Crippen LogP contribution in [0.2, 0.25) is 0 Å². The van der Waals surface area contributed by atoms with Crippen molar-refractivity contribution in [1.29, 1.82) is 0 Å². The number of fused-ring (bicyclic) bond motifs is 1. The molecule has 0 radical (unpaired) electrons. The van der Waals surface area contributed by atoms with Gasteiger partial charge in [-0.2, -0.15) is 13.2 Å². The summed E-state index contributed by atoms with van der Waals surface area (Å²) in [4.78, 5) is 28.7. The number of Topliss-reactive ketones (excluding diaryl/α,β-unsaturated/α-hetero) is 2. The van der Waals surface area contributed by atoms with Gasteiger partial charge in [0.25, 0.3) is 0 Å². The minimum atomic E-state index is -4.80. The quantitative estimate of drug-likeness (QED) is 0.694. The van der Waals surface area contributed by atoms with Gasteiger partial charge in [-0.1, -0.05) is 6.92 Å². The number of hydrogen-bond acceptors (Lipinski definition) is 3. The van der Waals surface area contributed by atoms with Crippen LogP contribution in [0.3, 0.4) is 0 Å². The van der Waals surface area contributed by atoms with E-state index in [4.69, 9.17) is 0 Å². The number of carbonyl (C=O) groups excluding carboxylic acids is 2. The second kappa shape index (κ2) is 6.88. The van der Waals surface area contributed by atoms with E-state index in [1.165, 1.54) is 6.92 Å². The van der Waals surface area contributed by atoms with Crippen LogP contribution in [0.15, 0.2) is 35.5 Å². The van der Waals surface area contributed by atoms with E-state index in [1.807, 2.05) is 0 Å². The van der Waals surface area contributed by atoms with Crippen molar-refractivity contribution in [3.05, 3.63) is 75.4 Å². The number of hydrogen-bond donors (Lipinski definition) is 0. The Kier molecular flexibility index (Phi) is 4.86. The topological polar surface area (TPSA) is 47.0 Å². The number of rotatable bonds is 3. The van der Waals surface area contributed by atoms with Gasteiger partial charge in [-0.3, -0.25) is 14.6 Å². The summed E-state index contributed by atoms with van der Waals surface area (Å²) in [5, 5.41) is 0. The van der Waals surface area contributed by atoms with Gasteiger partial charge in [0.05, 0.1) is 16.8 Å². The molecule has 0 unspecified atom stereocenters. The van der Waals surface area contributed by atoms with Gasteiger partial charge < -0.3 is 0 Å². The highest BCUT2D eigenvalue weighted by Crippen LogP contribution is 2.33. The molecule has 1 aromatic carbocycles. The first-order valence-corrected chi connectivity index (χ1v) is 8.06. The molecule has 9 heteroatoms. The molecule has 0 spiro atoms. The van der Waals surface area contributed by atoms with Crippen LogP contribution in [0.1, 0.15) is 45.3 Å². The predicted molar refractivity (Wildman–Crippen MR) is 85.2 cm³/mol. The van der Waals surface area contributed by atoms with E-state index in [1.54, 1.807) is 0 Å². The average molecular weight is 399 g/mol. The van der Waals surface area contributed by atoms with E-state index in [9.17, 15) is 35.9 Å². The maximum absolute atomic E-state index is 14.1. The van der Waals surface area contributed by atoms with Gasteiger partial charge in [-0.05, 0) is 18.6 Å². The highest BCUT2D eigenvalue weighted by molar-refractivity contribution is 6.27. The third-order valence-corrected chi connectivity index (χ3v) is 4.38. The van der Waals surface area contributed by atoms with Gasteiger partial charge >= 0.3 is 6.18 Å².